The van der Waals surface area contributed by atoms with Gasteiger partial charge in [-0.3, -0.25) is 9.44 Å². The Kier molecular flexibility index (Phi) is 16.2. The molecule has 4 aromatic carbocycles. The normalized spacial score (nSPS) is 15.0. The average Bonchev–Trinajstić information content (AvgIpc) is 3.53. The number of hydrogen-bond donors (Lipinski definition) is 6. The molecule has 4 aromatic rings. The van der Waals surface area contributed by atoms with E-state index in [1.165, 1.54) is 6.07 Å². The molecule has 2 saturated heterocycles. The van der Waals surface area contributed by atoms with Gasteiger partial charge in [0.15, 0.2) is 0 Å². The zero-order chi connectivity index (χ0) is 36.6. The molecule has 53 heavy (non-hydrogen) atoms. The van der Waals surface area contributed by atoms with Crippen molar-refractivity contribution in [1.82, 2.24) is 10.6 Å². The van der Waals surface area contributed by atoms with Crippen molar-refractivity contribution in [2.45, 2.75) is 36.5 Å². The summed E-state index contributed by atoms with van der Waals surface area (Å²) in [6.07, 6.45) is 2.06. The monoisotopic (exact) mass is 826 g/mol. The van der Waals surface area contributed by atoms with Crippen LogP contribution < -0.4 is 41.3 Å². The molecule has 17 heteroatoms. The minimum Gasteiger partial charge on any atom is -0.397 e. The lowest BCUT2D eigenvalue weighted by atomic mass is 10.1. The Bertz CT molecular complexity index is 2040. The molecule has 0 unspecified atom stereocenters. The van der Waals surface area contributed by atoms with Gasteiger partial charge < -0.3 is 31.9 Å². The number of sulfonamides is 2. The Morgan fingerprint density at radius 2 is 1.17 bits per heavy atom. The Morgan fingerprint density at radius 1 is 0.642 bits per heavy atom. The van der Waals surface area contributed by atoms with Crippen LogP contribution in [0.2, 0.25) is 5.02 Å². The van der Waals surface area contributed by atoms with Crippen LogP contribution >= 0.6 is 36.4 Å². The average molecular weight is 828 g/mol. The van der Waals surface area contributed by atoms with E-state index in [2.05, 4.69) is 29.9 Å². The van der Waals surface area contributed by atoms with Crippen LogP contribution in [0.15, 0.2) is 88.7 Å². The molecule has 2 aliphatic rings. The second-order valence-corrected chi connectivity index (χ2v) is 16.5. The highest BCUT2D eigenvalue weighted by molar-refractivity contribution is 7.93. The highest BCUT2D eigenvalue weighted by atomic mass is 35.5. The third-order valence-electron chi connectivity index (χ3n) is 8.69. The summed E-state index contributed by atoms with van der Waals surface area (Å²) in [5.41, 5.74) is 17.9. The molecular weight excluding hydrogens is 779 g/mol. The third-order valence-corrected chi connectivity index (χ3v) is 11.7. The SMILES string of the molecule is Cc1ccc(C)c(NS(=O)(=O)c2ccc(N3CCCNCC3)c(N)c2)c1.Cl.Cl.Nc1cc(S(=O)(=O)Nc2cccc(Cl)c2)ccc1N1CCCNCC1. The van der Waals surface area contributed by atoms with Crippen molar-refractivity contribution in [3.63, 3.8) is 0 Å². The Balaban J connectivity index is 0.000000275. The minimum atomic E-state index is -3.73. The third kappa shape index (κ3) is 11.9. The van der Waals surface area contributed by atoms with Crippen molar-refractivity contribution in [3.05, 3.63) is 95.0 Å². The molecule has 12 nitrogen and oxygen atoms in total. The Hall–Kier alpha value is -3.63. The highest BCUT2D eigenvalue weighted by Gasteiger charge is 2.20. The topological polar surface area (TPSA) is 175 Å². The predicted octanol–water partition coefficient (Wildman–Crippen LogP) is 5.85. The van der Waals surface area contributed by atoms with Gasteiger partial charge in [-0.05, 0) is 112 Å². The summed E-state index contributed by atoms with van der Waals surface area (Å²) in [6.45, 7) is 11.1. The summed E-state index contributed by atoms with van der Waals surface area (Å²) < 4.78 is 55.9. The van der Waals surface area contributed by atoms with Crippen molar-refractivity contribution in [2.24, 2.45) is 0 Å². The summed E-state index contributed by atoms with van der Waals surface area (Å²) >= 11 is 5.90. The Labute approximate surface area is 331 Å². The quantitative estimate of drug-likeness (QED) is 0.118. The fourth-order valence-electron chi connectivity index (χ4n) is 5.96. The first-order valence-electron chi connectivity index (χ1n) is 16.9. The van der Waals surface area contributed by atoms with Crippen LogP contribution in [0.3, 0.4) is 0 Å². The lowest BCUT2D eigenvalue weighted by Gasteiger charge is -2.24. The lowest BCUT2D eigenvalue weighted by molar-refractivity contribution is 0.599. The van der Waals surface area contributed by atoms with Crippen LogP contribution in [-0.4, -0.2) is 69.2 Å². The molecule has 0 aromatic heterocycles. The number of benzene rings is 4. The van der Waals surface area contributed by atoms with Crippen molar-refractivity contribution in [1.29, 1.82) is 0 Å². The van der Waals surface area contributed by atoms with Gasteiger partial charge >= 0.3 is 0 Å². The van der Waals surface area contributed by atoms with E-state index in [9.17, 15) is 16.8 Å². The summed E-state index contributed by atoms with van der Waals surface area (Å²) in [7, 11) is -7.42. The van der Waals surface area contributed by atoms with Crippen LogP contribution in [-0.2, 0) is 20.0 Å². The van der Waals surface area contributed by atoms with Crippen LogP contribution in [0.4, 0.5) is 34.1 Å². The number of nitrogen functional groups attached to an aromatic ring is 2. The molecular formula is C36H49Cl3N8O4S2. The van der Waals surface area contributed by atoms with E-state index in [1.54, 1.807) is 54.6 Å². The first-order valence-corrected chi connectivity index (χ1v) is 20.3. The maximum Gasteiger partial charge on any atom is 0.261 e. The first-order chi connectivity index (χ1) is 24.3. The summed E-state index contributed by atoms with van der Waals surface area (Å²) in [4.78, 5) is 4.68. The second-order valence-electron chi connectivity index (χ2n) is 12.7. The molecule has 0 saturated carbocycles. The number of hydrogen-bond acceptors (Lipinski definition) is 10. The van der Waals surface area contributed by atoms with Gasteiger partial charge in [-0.25, -0.2) is 16.8 Å². The fourth-order valence-corrected chi connectivity index (χ4v) is 8.40. The molecule has 2 fully saturated rings. The zero-order valence-corrected chi connectivity index (χ0v) is 33.8. The zero-order valence-electron chi connectivity index (χ0n) is 29.8. The van der Waals surface area contributed by atoms with Crippen LogP contribution in [0, 0.1) is 13.8 Å². The molecule has 0 spiro atoms. The number of halogens is 3. The lowest BCUT2D eigenvalue weighted by Crippen LogP contribution is -2.28. The summed E-state index contributed by atoms with van der Waals surface area (Å²) in [6, 6.07) is 22.1. The van der Waals surface area contributed by atoms with Gasteiger partial charge in [-0.15, -0.1) is 24.8 Å². The first kappa shape index (κ1) is 43.8. The van der Waals surface area contributed by atoms with E-state index in [1.807, 2.05) is 32.0 Å². The molecule has 0 radical (unpaired) electrons. The number of nitrogens with one attached hydrogen (secondary N) is 4. The molecule has 6 rings (SSSR count). The molecule has 2 heterocycles. The van der Waals surface area contributed by atoms with Crippen molar-refractivity contribution in [2.75, 3.05) is 83.1 Å². The maximum atomic E-state index is 12.8. The van der Waals surface area contributed by atoms with E-state index < -0.39 is 20.0 Å². The standard InChI is InChI=1S/C19H26N4O2S.C17H21ClN4O2S.2ClH/c1-14-4-5-15(2)18(12-14)22-26(24,25)16-6-7-19(17(20)13-16)23-10-3-8-21-9-11-23;18-13-3-1-4-14(11-13)21-25(23,24)15-5-6-17(16(19)12-15)22-9-2-7-20-8-10-22;;/h4-7,12-13,21-22H,3,8-11,20H2,1-2H3;1,3-6,11-12,20-21H,2,7-10,19H2;2*1H. The van der Waals surface area contributed by atoms with E-state index in [0.717, 1.165) is 87.7 Å². The van der Waals surface area contributed by atoms with E-state index in [4.69, 9.17) is 23.1 Å². The van der Waals surface area contributed by atoms with Gasteiger partial charge in [-0.2, -0.15) is 0 Å². The van der Waals surface area contributed by atoms with Crippen LogP contribution in [0.1, 0.15) is 24.0 Å². The van der Waals surface area contributed by atoms with E-state index in [0.29, 0.717) is 27.8 Å². The van der Waals surface area contributed by atoms with Gasteiger partial charge in [0.05, 0.1) is 43.9 Å². The maximum absolute atomic E-state index is 12.8. The number of anilines is 6. The van der Waals surface area contributed by atoms with Crippen LogP contribution in [0.25, 0.3) is 0 Å². The Morgan fingerprint density at radius 3 is 1.68 bits per heavy atom. The largest absolute Gasteiger partial charge is 0.397 e. The van der Waals surface area contributed by atoms with Gasteiger partial charge in [-0.1, -0.05) is 29.8 Å². The number of nitrogens with two attached hydrogens (primary N) is 2. The number of nitrogens with zero attached hydrogens (tertiary/aromatic N) is 2. The van der Waals surface area contributed by atoms with Gasteiger partial charge in [0.25, 0.3) is 20.0 Å². The molecule has 0 bridgehead atoms. The molecule has 0 aliphatic carbocycles. The van der Waals surface area contributed by atoms with Gasteiger partial charge in [0.1, 0.15) is 0 Å². The molecule has 0 amide bonds. The van der Waals surface area contributed by atoms with Crippen molar-refractivity contribution < 1.29 is 16.8 Å². The van der Waals surface area contributed by atoms with Gasteiger partial charge in [0, 0.05) is 44.3 Å². The predicted molar refractivity (Wildman–Crippen MR) is 225 cm³/mol. The fraction of sp³-hybridized carbons (Fsp3) is 0.333. The summed E-state index contributed by atoms with van der Waals surface area (Å²) in [5.74, 6) is 0. The molecule has 2 aliphatic heterocycles. The molecule has 0 atom stereocenters. The second kappa shape index (κ2) is 19.6. The molecule has 290 valence electrons. The number of rotatable bonds is 8. The van der Waals surface area contributed by atoms with Gasteiger partial charge in [0.2, 0.25) is 0 Å². The van der Waals surface area contributed by atoms with Crippen molar-refractivity contribution >= 4 is 90.6 Å². The van der Waals surface area contributed by atoms with E-state index in [-0.39, 0.29) is 34.6 Å². The smallest absolute Gasteiger partial charge is 0.261 e. The van der Waals surface area contributed by atoms with Crippen molar-refractivity contribution in [3.8, 4) is 0 Å². The summed E-state index contributed by atoms with van der Waals surface area (Å²) in [5, 5.41) is 7.15. The highest BCUT2D eigenvalue weighted by Crippen LogP contribution is 2.30. The van der Waals surface area contributed by atoms with Crippen LogP contribution in [0.5, 0.6) is 0 Å². The molecule has 8 N–H and O–H groups in total. The van der Waals surface area contributed by atoms with E-state index >= 15 is 0 Å². The minimum absolute atomic E-state index is 0. The number of aryl methyl sites for hydroxylation is 2.